The maximum atomic E-state index is 11.7. The van der Waals surface area contributed by atoms with Gasteiger partial charge in [0, 0.05) is 5.56 Å². The van der Waals surface area contributed by atoms with E-state index in [9.17, 15) is 9.90 Å². The lowest BCUT2D eigenvalue weighted by Gasteiger charge is -2.29. The van der Waals surface area contributed by atoms with E-state index < -0.39 is 11.4 Å². The molecule has 0 radical (unpaired) electrons. The van der Waals surface area contributed by atoms with Gasteiger partial charge in [-0.2, -0.15) is 0 Å². The molecule has 1 fully saturated rings. The molecular weight excluding hydrogens is 232 g/mol. The molecule has 0 atom stereocenters. The highest BCUT2D eigenvalue weighted by molar-refractivity contribution is 5.82. The third-order valence-electron chi connectivity index (χ3n) is 4.06. The van der Waals surface area contributed by atoms with Gasteiger partial charge in [-0.15, -0.1) is 0 Å². The van der Waals surface area contributed by atoms with Crippen LogP contribution in [0, 0.1) is 0 Å². The standard InChI is InChI=1S/C14H16O4/c15-13(16)14(6-1-2-7-14)11-4-3-5-12-10(11)8-17-9-18-12/h3-5H,1-2,6-9H2,(H,15,16). The van der Waals surface area contributed by atoms with Crippen molar-refractivity contribution in [3.8, 4) is 5.75 Å². The van der Waals surface area contributed by atoms with E-state index in [1.807, 2.05) is 18.2 Å². The molecule has 1 saturated carbocycles. The number of hydrogen-bond acceptors (Lipinski definition) is 3. The molecule has 4 heteroatoms. The van der Waals surface area contributed by atoms with Crippen LogP contribution < -0.4 is 4.74 Å². The van der Waals surface area contributed by atoms with Crippen molar-refractivity contribution in [3.05, 3.63) is 29.3 Å². The van der Waals surface area contributed by atoms with Crippen LogP contribution in [0.3, 0.4) is 0 Å². The Hall–Kier alpha value is -1.55. The summed E-state index contributed by atoms with van der Waals surface area (Å²) in [4.78, 5) is 11.7. The van der Waals surface area contributed by atoms with Crippen molar-refractivity contribution >= 4 is 5.97 Å². The lowest BCUT2D eigenvalue weighted by Crippen LogP contribution is -2.34. The summed E-state index contributed by atoms with van der Waals surface area (Å²) < 4.78 is 10.7. The van der Waals surface area contributed by atoms with Crippen molar-refractivity contribution in [2.45, 2.75) is 37.7 Å². The number of fused-ring (bicyclic) bond motifs is 1. The quantitative estimate of drug-likeness (QED) is 0.873. The third-order valence-corrected chi connectivity index (χ3v) is 4.06. The summed E-state index contributed by atoms with van der Waals surface area (Å²) in [6.45, 7) is 0.692. The van der Waals surface area contributed by atoms with Crippen molar-refractivity contribution in [3.63, 3.8) is 0 Å². The zero-order valence-corrected chi connectivity index (χ0v) is 10.1. The van der Waals surface area contributed by atoms with Gasteiger partial charge in [-0.05, 0) is 24.5 Å². The Morgan fingerprint density at radius 1 is 1.28 bits per heavy atom. The van der Waals surface area contributed by atoms with Crippen molar-refractivity contribution in [2.24, 2.45) is 0 Å². The predicted molar refractivity (Wildman–Crippen MR) is 64.5 cm³/mol. The molecule has 2 aliphatic rings. The average Bonchev–Trinajstić information content (AvgIpc) is 2.88. The topological polar surface area (TPSA) is 55.8 Å². The Kier molecular flexibility index (Phi) is 2.74. The van der Waals surface area contributed by atoms with Crippen LogP contribution >= 0.6 is 0 Å². The minimum atomic E-state index is -0.741. The number of carboxylic acids is 1. The van der Waals surface area contributed by atoms with E-state index in [0.29, 0.717) is 19.4 Å². The van der Waals surface area contributed by atoms with Crippen LogP contribution in [0.2, 0.25) is 0 Å². The highest BCUT2D eigenvalue weighted by Crippen LogP contribution is 2.45. The van der Waals surface area contributed by atoms with Gasteiger partial charge in [0.15, 0.2) is 6.79 Å². The zero-order valence-electron chi connectivity index (χ0n) is 10.1. The fourth-order valence-corrected chi connectivity index (χ4v) is 3.12. The van der Waals surface area contributed by atoms with E-state index in [1.165, 1.54) is 0 Å². The van der Waals surface area contributed by atoms with Gasteiger partial charge in [0.05, 0.1) is 12.0 Å². The van der Waals surface area contributed by atoms with Crippen molar-refractivity contribution in [1.29, 1.82) is 0 Å². The molecule has 0 spiro atoms. The van der Waals surface area contributed by atoms with Crippen molar-refractivity contribution in [2.75, 3.05) is 6.79 Å². The molecule has 1 N–H and O–H groups in total. The van der Waals surface area contributed by atoms with Gasteiger partial charge in [0.1, 0.15) is 5.75 Å². The second kappa shape index (κ2) is 4.28. The Bertz CT molecular complexity index is 475. The summed E-state index contributed by atoms with van der Waals surface area (Å²) in [5.41, 5.74) is 1.05. The van der Waals surface area contributed by atoms with Gasteiger partial charge >= 0.3 is 5.97 Å². The Labute approximate surface area is 106 Å². The zero-order chi connectivity index (χ0) is 12.6. The molecule has 0 amide bonds. The molecule has 1 aliphatic carbocycles. The second-order valence-corrected chi connectivity index (χ2v) is 4.99. The second-order valence-electron chi connectivity index (χ2n) is 4.99. The first kappa shape index (κ1) is 11.5. The van der Waals surface area contributed by atoms with Crippen LogP contribution in [0.4, 0.5) is 0 Å². The molecule has 0 bridgehead atoms. The smallest absolute Gasteiger partial charge is 0.314 e. The molecule has 3 rings (SSSR count). The summed E-state index contributed by atoms with van der Waals surface area (Å²) in [6.07, 6.45) is 3.35. The molecule has 1 aliphatic heterocycles. The molecule has 0 saturated heterocycles. The minimum absolute atomic E-state index is 0.247. The van der Waals surface area contributed by atoms with Crippen LogP contribution in [0.25, 0.3) is 0 Å². The fraction of sp³-hybridized carbons (Fsp3) is 0.500. The molecule has 0 aromatic heterocycles. The number of aliphatic carboxylic acids is 1. The molecular formula is C14H16O4. The molecule has 1 aromatic carbocycles. The number of ether oxygens (including phenoxy) is 2. The maximum absolute atomic E-state index is 11.7. The molecule has 18 heavy (non-hydrogen) atoms. The number of rotatable bonds is 2. The van der Waals surface area contributed by atoms with Gasteiger partial charge in [0.25, 0.3) is 0 Å². The van der Waals surface area contributed by atoms with Crippen LogP contribution in [-0.2, 0) is 21.6 Å². The summed E-state index contributed by atoms with van der Waals surface area (Å²) in [5, 5.41) is 9.64. The molecule has 1 aromatic rings. The van der Waals surface area contributed by atoms with Crippen LogP contribution in [0.1, 0.15) is 36.8 Å². The van der Waals surface area contributed by atoms with Gasteiger partial charge < -0.3 is 14.6 Å². The van der Waals surface area contributed by atoms with Crippen LogP contribution in [-0.4, -0.2) is 17.9 Å². The van der Waals surface area contributed by atoms with Crippen molar-refractivity contribution in [1.82, 2.24) is 0 Å². The summed E-state index contributed by atoms with van der Waals surface area (Å²) in [5.74, 6) is 0.0465. The molecule has 96 valence electrons. The van der Waals surface area contributed by atoms with Gasteiger partial charge in [0.2, 0.25) is 0 Å². The van der Waals surface area contributed by atoms with Crippen LogP contribution in [0.5, 0.6) is 5.75 Å². The fourth-order valence-electron chi connectivity index (χ4n) is 3.12. The van der Waals surface area contributed by atoms with Gasteiger partial charge in [-0.1, -0.05) is 25.0 Å². The number of carboxylic acid groups (broad SMARTS) is 1. The van der Waals surface area contributed by atoms with E-state index in [1.54, 1.807) is 0 Å². The highest BCUT2D eigenvalue weighted by Gasteiger charge is 2.44. The van der Waals surface area contributed by atoms with Gasteiger partial charge in [-0.3, -0.25) is 4.79 Å². The lowest BCUT2D eigenvalue weighted by molar-refractivity contribution is -0.143. The number of benzene rings is 1. The Balaban J connectivity index is 2.13. The van der Waals surface area contributed by atoms with E-state index in [4.69, 9.17) is 9.47 Å². The molecule has 4 nitrogen and oxygen atoms in total. The summed E-state index contributed by atoms with van der Waals surface area (Å²) >= 11 is 0. The normalized spacial score (nSPS) is 21.1. The molecule has 0 unspecified atom stereocenters. The predicted octanol–water partition coefficient (Wildman–Crippen LogP) is 2.45. The monoisotopic (exact) mass is 248 g/mol. The van der Waals surface area contributed by atoms with Crippen LogP contribution in [0.15, 0.2) is 18.2 Å². The first-order chi connectivity index (χ1) is 8.74. The minimum Gasteiger partial charge on any atom is -0.481 e. The van der Waals surface area contributed by atoms with Crippen molar-refractivity contribution < 1.29 is 19.4 Å². The van der Waals surface area contributed by atoms with E-state index in [2.05, 4.69) is 0 Å². The first-order valence-electron chi connectivity index (χ1n) is 6.30. The number of carbonyl (C=O) groups is 1. The third kappa shape index (κ3) is 1.60. The number of hydrogen-bond donors (Lipinski definition) is 1. The average molecular weight is 248 g/mol. The highest BCUT2D eigenvalue weighted by atomic mass is 16.7. The Morgan fingerprint density at radius 3 is 2.78 bits per heavy atom. The summed E-state index contributed by atoms with van der Waals surface area (Å²) in [7, 11) is 0. The summed E-state index contributed by atoms with van der Waals surface area (Å²) in [6, 6.07) is 5.67. The van der Waals surface area contributed by atoms with E-state index in [-0.39, 0.29) is 6.79 Å². The largest absolute Gasteiger partial charge is 0.481 e. The SMILES string of the molecule is O=C(O)C1(c2cccc3c2COCO3)CCCC1. The lowest BCUT2D eigenvalue weighted by atomic mass is 9.76. The maximum Gasteiger partial charge on any atom is 0.314 e. The molecule has 1 heterocycles. The Morgan fingerprint density at radius 2 is 2.06 bits per heavy atom. The van der Waals surface area contributed by atoms with E-state index >= 15 is 0 Å². The van der Waals surface area contributed by atoms with Gasteiger partial charge in [-0.25, -0.2) is 0 Å². The van der Waals surface area contributed by atoms with E-state index in [0.717, 1.165) is 29.7 Å². The first-order valence-corrected chi connectivity index (χ1v) is 6.30.